The summed E-state index contributed by atoms with van der Waals surface area (Å²) in [5.74, 6) is 0.955. The number of amides is 1. The number of nitrogens with one attached hydrogen (secondary N) is 1. The summed E-state index contributed by atoms with van der Waals surface area (Å²) in [5.41, 5.74) is 4.57. The van der Waals surface area contributed by atoms with Gasteiger partial charge in [0.25, 0.3) is 0 Å². The zero-order valence-electron chi connectivity index (χ0n) is 20.8. The smallest absolute Gasteiger partial charge is 0.412 e. The summed E-state index contributed by atoms with van der Waals surface area (Å²) in [6.07, 6.45) is 5.83. The molecule has 0 atom stereocenters. The summed E-state index contributed by atoms with van der Waals surface area (Å²) in [7, 11) is 1.51. The van der Waals surface area contributed by atoms with Gasteiger partial charge in [0, 0.05) is 0 Å². The van der Waals surface area contributed by atoms with E-state index in [1.165, 1.54) is 24.2 Å². The van der Waals surface area contributed by atoms with Crippen molar-refractivity contribution < 1.29 is 19.1 Å². The molecule has 0 bridgehead atoms. The highest BCUT2D eigenvalue weighted by molar-refractivity contribution is 7.10. The Morgan fingerprint density at radius 1 is 1.03 bits per heavy atom. The molecule has 2 aliphatic carbocycles. The zero-order chi connectivity index (χ0) is 25.1. The Morgan fingerprint density at radius 2 is 1.72 bits per heavy atom. The van der Waals surface area contributed by atoms with Crippen molar-refractivity contribution in [2.24, 2.45) is 11.3 Å². The molecule has 1 aromatic heterocycles. The third-order valence-corrected chi connectivity index (χ3v) is 8.82. The van der Waals surface area contributed by atoms with Crippen LogP contribution in [0, 0.1) is 18.3 Å². The second-order valence-corrected chi connectivity index (χ2v) is 10.8. The first-order valence-corrected chi connectivity index (χ1v) is 13.4. The van der Waals surface area contributed by atoms with Crippen LogP contribution in [0.5, 0.6) is 0 Å². The molecule has 188 valence electrons. The minimum absolute atomic E-state index is 0.0106. The predicted molar refractivity (Wildman–Crippen MR) is 141 cm³/mol. The summed E-state index contributed by atoms with van der Waals surface area (Å²) in [4.78, 5) is 25.6. The Kier molecular flexibility index (Phi) is 7.10. The summed E-state index contributed by atoms with van der Waals surface area (Å²) in [5, 5.41) is 2.89. The standard InChI is InChI=1S/C29H32N2O4S/c1-19-25(30-28(33)35-18-20-6-4-3-5-7-20)26(36-31-19)23-10-8-21(9-11-23)22-12-14-24(15-13-22)29(16-17-29)27(32)34-2/h3-11,22,24H,12-18H2,1-2H3,(H,30,33). The third-order valence-electron chi connectivity index (χ3n) is 7.84. The summed E-state index contributed by atoms with van der Waals surface area (Å²) < 4.78 is 15.0. The van der Waals surface area contributed by atoms with Gasteiger partial charge < -0.3 is 9.47 Å². The summed E-state index contributed by atoms with van der Waals surface area (Å²) in [6.45, 7) is 2.11. The lowest BCUT2D eigenvalue weighted by atomic mass is 9.72. The van der Waals surface area contributed by atoms with Crippen molar-refractivity contribution in [2.45, 2.75) is 58.0 Å². The maximum Gasteiger partial charge on any atom is 0.412 e. The molecule has 6 nitrogen and oxygen atoms in total. The molecule has 2 aromatic carbocycles. The number of benzene rings is 2. The van der Waals surface area contributed by atoms with E-state index in [4.69, 9.17) is 9.47 Å². The summed E-state index contributed by atoms with van der Waals surface area (Å²) in [6, 6.07) is 18.2. The van der Waals surface area contributed by atoms with Crippen LogP contribution >= 0.6 is 11.5 Å². The number of aryl methyl sites for hydroxylation is 1. The molecule has 36 heavy (non-hydrogen) atoms. The Labute approximate surface area is 216 Å². The number of anilines is 1. The van der Waals surface area contributed by atoms with E-state index in [2.05, 4.69) is 34.0 Å². The minimum atomic E-state index is -0.489. The quantitative estimate of drug-likeness (QED) is 0.347. The number of aromatic nitrogens is 1. The Bertz CT molecular complexity index is 1210. The van der Waals surface area contributed by atoms with Gasteiger partial charge in [-0.1, -0.05) is 54.6 Å². The van der Waals surface area contributed by atoms with Crippen LogP contribution < -0.4 is 5.32 Å². The van der Waals surface area contributed by atoms with E-state index in [9.17, 15) is 9.59 Å². The van der Waals surface area contributed by atoms with Gasteiger partial charge in [-0.2, -0.15) is 4.37 Å². The molecule has 2 aliphatic rings. The minimum Gasteiger partial charge on any atom is -0.469 e. The van der Waals surface area contributed by atoms with Gasteiger partial charge >= 0.3 is 12.1 Å². The maximum atomic E-state index is 12.5. The van der Waals surface area contributed by atoms with Crippen LogP contribution in [0.4, 0.5) is 10.5 Å². The van der Waals surface area contributed by atoms with Crippen molar-refractivity contribution >= 4 is 29.3 Å². The number of rotatable bonds is 7. The van der Waals surface area contributed by atoms with Gasteiger partial charge in [-0.15, -0.1) is 0 Å². The van der Waals surface area contributed by atoms with E-state index in [0.717, 1.165) is 60.2 Å². The van der Waals surface area contributed by atoms with Crippen molar-refractivity contribution in [1.29, 1.82) is 0 Å². The van der Waals surface area contributed by atoms with E-state index >= 15 is 0 Å². The highest BCUT2D eigenvalue weighted by Gasteiger charge is 2.56. The number of hydrogen-bond donors (Lipinski definition) is 1. The lowest BCUT2D eigenvalue weighted by Gasteiger charge is -2.33. The molecule has 2 saturated carbocycles. The van der Waals surface area contributed by atoms with Crippen molar-refractivity contribution in [3.8, 4) is 10.4 Å². The van der Waals surface area contributed by atoms with Crippen LogP contribution in [0.2, 0.25) is 0 Å². The molecule has 0 aliphatic heterocycles. The highest BCUT2D eigenvalue weighted by atomic mass is 32.1. The first-order chi connectivity index (χ1) is 17.5. The van der Waals surface area contributed by atoms with Crippen LogP contribution in [0.15, 0.2) is 54.6 Å². The predicted octanol–water partition coefficient (Wildman–Crippen LogP) is 7.09. The summed E-state index contributed by atoms with van der Waals surface area (Å²) >= 11 is 1.38. The molecule has 1 N–H and O–H groups in total. The fourth-order valence-corrected chi connectivity index (χ4v) is 6.43. The average Bonchev–Trinajstić information content (AvgIpc) is 3.66. The van der Waals surface area contributed by atoms with Crippen molar-refractivity contribution in [1.82, 2.24) is 4.37 Å². The second-order valence-electron chi connectivity index (χ2n) is 9.98. The highest BCUT2D eigenvalue weighted by Crippen LogP contribution is 2.58. The monoisotopic (exact) mass is 504 g/mol. The molecular weight excluding hydrogens is 472 g/mol. The lowest BCUT2D eigenvalue weighted by molar-refractivity contribution is -0.150. The van der Waals surface area contributed by atoms with Crippen LogP contribution in [0.3, 0.4) is 0 Å². The second kappa shape index (κ2) is 10.4. The van der Waals surface area contributed by atoms with Crippen LogP contribution in [0.1, 0.15) is 61.3 Å². The third kappa shape index (κ3) is 5.03. The normalized spacial score (nSPS) is 20.4. The van der Waals surface area contributed by atoms with Gasteiger partial charge in [0.05, 0.1) is 28.8 Å². The van der Waals surface area contributed by atoms with E-state index in [1.807, 2.05) is 37.3 Å². The Morgan fingerprint density at radius 3 is 2.36 bits per heavy atom. The van der Waals surface area contributed by atoms with Crippen molar-refractivity contribution in [3.05, 3.63) is 71.4 Å². The number of esters is 1. The molecule has 0 radical (unpaired) electrons. The lowest BCUT2D eigenvalue weighted by Crippen LogP contribution is -2.29. The first-order valence-electron chi connectivity index (χ1n) is 12.6. The van der Waals surface area contributed by atoms with E-state index in [0.29, 0.717) is 17.5 Å². The van der Waals surface area contributed by atoms with Gasteiger partial charge in [0.1, 0.15) is 6.61 Å². The molecule has 1 heterocycles. The molecule has 7 heteroatoms. The molecule has 3 aromatic rings. The molecule has 0 unspecified atom stereocenters. The number of ether oxygens (including phenoxy) is 2. The fraction of sp³-hybridized carbons (Fsp3) is 0.414. The van der Waals surface area contributed by atoms with Gasteiger partial charge in [-0.3, -0.25) is 10.1 Å². The number of hydrogen-bond acceptors (Lipinski definition) is 6. The Hall–Kier alpha value is -3.19. The van der Waals surface area contributed by atoms with Crippen LogP contribution in [0.25, 0.3) is 10.4 Å². The van der Waals surface area contributed by atoms with E-state index < -0.39 is 6.09 Å². The number of nitrogens with zero attached hydrogens (tertiary/aromatic N) is 1. The number of carbonyl (C=O) groups excluding carboxylic acids is 2. The molecular formula is C29H32N2O4S. The van der Waals surface area contributed by atoms with E-state index in [-0.39, 0.29) is 18.0 Å². The van der Waals surface area contributed by atoms with Crippen molar-refractivity contribution in [2.75, 3.05) is 12.4 Å². The molecule has 0 spiro atoms. The first kappa shape index (κ1) is 24.5. The van der Waals surface area contributed by atoms with Gasteiger partial charge in [0.15, 0.2) is 0 Å². The molecule has 2 fully saturated rings. The maximum absolute atomic E-state index is 12.5. The van der Waals surface area contributed by atoms with Gasteiger partial charge in [0.2, 0.25) is 0 Å². The Balaban J connectivity index is 1.21. The van der Waals surface area contributed by atoms with Gasteiger partial charge in [-0.05, 0) is 85.5 Å². The molecule has 5 rings (SSSR count). The van der Waals surface area contributed by atoms with Crippen LogP contribution in [-0.2, 0) is 20.9 Å². The van der Waals surface area contributed by atoms with Crippen LogP contribution in [-0.4, -0.2) is 23.5 Å². The van der Waals surface area contributed by atoms with Gasteiger partial charge in [-0.25, -0.2) is 4.79 Å². The average molecular weight is 505 g/mol. The van der Waals surface area contributed by atoms with E-state index in [1.54, 1.807) is 0 Å². The number of carbonyl (C=O) groups is 2. The molecule has 1 amide bonds. The zero-order valence-corrected chi connectivity index (χ0v) is 21.6. The fourth-order valence-electron chi connectivity index (χ4n) is 5.58. The number of methoxy groups -OCH3 is 1. The SMILES string of the molecule is COC(=O)C1(C2CCC(c3ccc(-c4snc(C)c4NC(=O)OCc4ccccc4)cc3)CC2)CC1. The largest absolute Gasteiger partial charge is 0.469 e. The molecule has 0 saturated heterocycles. The topological polar surface area (TPSA) is 77.5 Å². The van der Waals surface area contributed by atoms with Crippen molar-refractivity contribution in [3.63, 3.8) is 0 Å².